The van der Waals surface area contributed by atoms with Crippen LogP contribution in [0.1, 0.15) is 11.4 Å². The molecule has 2 unspecified atom stereocenters. The Bertz CT molecular complexity index is 1100. The average Bonchev–Trinajstić information content (AvgIpc) is 3.16. The highest BCUT2D eigenvalue weighted by Gasteiger charge is 2.34. The molecule has 0 aliphatic carbocycles. The number of hydrogen-bond donors (Lipinski definition) is 2. The van der Waals surface area contributed by atoms with Crippen LogP contribution in [0.5, 0.6) is 11.5 Å². The van der Waals surface area contributed by atoms with Crippen molar-refractivity contribution in [3.05, 3.63) is 46.7 Å². The first-order chi connectivity index (χ1) is 15.2. The molecule has 1 aromatic carbocycles. The molecule has 0 bridgehead atoms. The smallest absolute Gasteiger partial charge is 0.252 e. The fraction of sp³-hybridized carbons (Fsp3) is 0.316. The van der Waals surface area contributed by atoms with Crippen molar-refractivity contribution in [2.45, 2.75) is 25.1 Å². The number of nitrogens with one attached hydrogen (secondary N) is 2. The van der Waals surface area contributed by atoms with Crippen molar-refractivity contribution in [1.82, 2.24) is 30.6 Å². The quantitative estimate of drug-likeness (QED) is 0.473. The fourth-order valence-electron chi connectivity index (χ4n) is 3.06. The zero-order chi connectivity index (χ0) is 21.2. The van der Waals surface area contributed by atoms with E-state index >= 15 is 0 Å². The van der Waals surface area contributed by atoms with Crippen LogP contribution in [0.15, 0.2) is 35.3 Å². The Morgan fingerprint density at radius 3 is 2.94 bits per heavy atom. The third-order valence-corrected chi connectivity index (χ3v) is 5.40. The molecule has 12 heteroatoms. The van der Waals surface area contributed by atoms with Crippen LogP contribution in [0.4, 0.5) is 0 Å². The monoisotopic (exact) mass is 442 g/mol. The number of benzene rings is 1. The summed E-state index contributed by atoms with van der Waals surface area (Å²) < 4.78 is 17.3. The third-order valence-electron chi connectivity index (χ3n) is 4.76. The van der Waals surface area contributed by atoms with E-state index in [-0.39, 0.29) is 31.6 Å². The summed E-state index contributed by atoms with van der Waals surface area (Å²) in [5.41, 5.74) is 3.74. The van der Waals surface area contributed by atoms with Crippen LogP contribution < -0.4 is 20.1 Å². The lowest BCUT2D eigenvalue weighted by Crippen LogP contribution is -2.49. The summed E-state index contributed by atoms with van der Waals surface area (Å²) in [5.74, 6) is 0.688. The number of ether oxygens (including phenoxy) is 3. The summed E-state index contributed by atoms with van der Waals surface area (Å²) in [6.45, 7) is 0.728. The highest BCUT2D eigenvalue weighted by Crippen LogP contribution is 2.33. The average molecular weight is 442 g/mol. The zero-order valence-corrected chi connectivity index (χ0v) is 17.0. The molecule has 0 saturated carbocycles. The van der Waals surface area contributed by atoms with Crippen LogP contribution >= 0.6 is 11.3 Å². The first kappa shape index (κ1) is 19.5. The maximum absolute atomic E-state index is 12.7. The molecule has 4 heterocycles. The van der Waals surface area contributed by atoms with Gasteiger partial charge in [-0.3, -0.25) is 9.59 Å². The van der Waals surface area contributed by atoms with Crippen LogP contribution in [0.3, 0.4) is 0 Å². The molecule has 3 aromatic rings. The number of nitrogens with zero attached hydrogens (tertiary/aromatic N) is 4. The number of fused-ring (bicyclic) bond motifs is 1. The van der Waals surface area contributed by atoms with Gasteiger partial charge in [-0.15, -0.1) is 16.4 Å². The molecule has 2 amide bonds. The molecule has 2 atom stereocenters. The molecule has 1 fully saturated rings. The Labute approximate surface area is 180 Å². The Hall–Kier alpha value is -3.51. The number of thiazole rings is 1. The lowest BCUT2D eigenvalue weighted by molar-refractivity contribution is -0.129. The lowest BCUT2D eigenvalue weighted by Gasteiger charge is -2.16. The van der Waals surface area contributed by atoms with Crippen molar-refractivity contribution in [2.75, 3.05) is 13.4 Å². The standard InChI is InChI=1S/C19H18N6O5S/c26-18(14(3-11-8-31-9-21-11)22-19(27)17-7-28-17)20-5-12-6-25(24-23-12)13-1-2-15-16(4-13)30-10-29-15/h1-2,4,6,8-9,14,17H,3,5,7,10H2,(H,20,26)(H,22,27). The second kappa shape index (κ2) is 8.32. The van der Waals surface area contributed by atoms with Gasteiger partial charge in [0.05, 0.1) is 36.2 Å². The molecule has 2 aliphatic rings. The molecule has 5 rings (SSSR count). The largest absolute Gasteiger partial charge is 0.454 e. The summed E-state index contributed by atoms with van der Waals surface area (Å²) in [7, 11) is 0. The molecule has 0 spiro atoms. The number of amides is 2. The Morgan fingerprint density at radius 2 is 2.13 bits per heavy atom. The van der Waals surface area contributed by atoms with Gasteiger partial charge in [0.2, 0.25) is 12.7 Å². The Balaban J connectivity index is 1.22. The van der Waals surface area contributed by atoms with Crippen LogP contribution in [0.25, 0.3) is 5.69 Å². The molecular formula is C19H18N6O5S. The van der Waals surface area contributed by atoms with Gasteiger partial charge in [-0.05, 0) is 12.1 Å². The summed E-state index contributed by atoms with van der Waals surface area (Å²) in [6, 6.07) is 4.68. The van der Waals surface area contributed by atoms with Gasteiger partial charge in [-0.1, -0.05) is 5.21 Å². The van der Waals surface area contributed by atoms with E-state index in [1.807, 2.05) is 11.4 Å². The summed E-state index contributed by atoms with van der Waals surface area (Å²) >= 11 is 1.43. The van der Waals surface area contributed by atoms with Crippen molar-refractivity contribution in [2.24, 2.45) is 0 Å². The van der Waals surface area contributed by atoms with Gasteiger partial charge in [-0.2, -0.15) is 0 Å². The Morgan fingerprint density at radius 1 is 1.26 bits per heavy atom. The van der Waals surface area contributed by atoms with Gasteiger partial charge < -0.3 is 24.8 Å². The number of epoxide rings is 1. The van der Waals surface area contributed by atoms with Crippen LogP contribution in [0.2, 0.25) is 0 Å². The number of carbonyl (C=O) groups is 2. The molecule has 2 N–H and O–H groups in total. The van der Waals surface area contributed by atoms with E-state index in [4.69, 9.17) is 14.2 Å². The molecule has 0 radical (unpaired) electrons. The van der Waals surface area contributed by atoms with E-state index in [0.29, 0.717) is 23.8 Å². The number of hydrogen-bond acceptors (Lipinski definition) is 9. The second-order valence-corrected chi connectivity index (χ2v) is 7.70. The van der Waals surface area contributed by atoms with Crippen molar-refractivity contribution in [1.29, 1.82) is 0 Å². The van der Waals surface area contributed by atoms with E-state index in [2.05, 4.69) is 25.9 Å². The van der Waals surface area contributed by atoms with Crippen LogP contribution in [-0.2, 0) is 27.3 Å². The van der Waals surface area contributed by atoms with Crippen molar-refractivity contribution in [3.63, 3.8) is 0 Å². The predicted molar refractivity (Wildman–Crippen MR) is 107 cm³/mol. The predicted octanol–water partition coefficient (Wildman–Crippen LogP) is 0.195. The normalized spacial score (nSPS) is 17.2. The van der Waals surface area contributed by atoms with E-state index < -0.39 is 12.1 Å². The van der Waals surface area contributed by atoms with Gasteiger partial charge in [-0.25, -0.2) is 9.67 Å². The van der Waals surface area contributed by atoms with Crippen LogP contribution in [-0.4, -0.2) is 57.3 Å². The molecular weight excluding hydrogens is 424 g/mol. The van der Waals surface area contributed by atoms with Crippen molar-refractivity contribution in [3.8, 4) is 17.2 Å². The summed E-state index contributed by atoms with van der Waals surface area (Å²) in [6.07, 6.45) is 1.52. The minimum absolute atomic E-state index is 0.159. The number of rotatable bonds is 8. The van der Waals surface area contributed by atoms with Crippen molar-refractivity contribution >= 4 is 23.2 Å². The minimum Gasteiger partial charge on any atom is -0.454 e. The van der Waals surface area contributed by atoms with Crippen LogP contribution in [0, 0.1) is 0 Å². The topological polar surface area (TPSA) is 133 Å². The second-order valence-electron chi connectivity index (χ2n) is 6.98. The SMILES string of the molecule is O=C(NCc1cn(-c2ccc3c(c2)OCO3)nn1)C(Cc1cscn1)NC(=O)C1CO1. The Kier molecular flexibility index (Phi) is 5.22. The zero-order valence-electron chi connectivity index (χ0n) is 16.2. The fourth-order valence-corrected chi connectivity index (χ4v) is 3.63. The highest BCUT2D eigenvalue weighted by atomic mass is 32.1. The van der Waals surface area contributed by atoms with E-state index in [1.165, 1.54) is 11.3 Å². The minimum atomic E-state index is -0.761. The van der Waals surface area contributed by atoms with Gasteiger partial charge in [0.1, 0.15) is 11.7 Å². The van der Waals surface area contributed by atoms with E-state index in [9.17, 15) is 9.59 Å². The maximum atomic E-state index is 12.7. The highest BCUT2D eigenvalue weighted by molar-refractivity contribution is 7.07. The van der Waals surface area contributed by atoms with Gasteiger partial charge in [0, 0.05) is 17.9 Å². The first-order valence-corrected chi connectivity index (χ1v) is 10.5. The maximum Gasteiger partial charge on any atom is 0.252 e. The third kappa shape index (κ3) is 4.49. The first-order valence-electron chi connectivity index (χ1n) is 9.54. The molecule has 160 valence electrons. The lowest BCUT2D eigenvalue weighted by atomic mass is 10.1. The summed E-state index contributed by atoms with van der Waals surface area (Å²) in [4.78, 5) is 29.0. The van der Waals surface area contributed by atoms with Gasteiger partial charge in [0.15, 0.2) is 17.6 Å². The van der Waals surface area contributed by atoms with Crippen molar-refractivity contribution < 1.29 is 23.8 Å². The van der Waals surface area contributed by atoms with Gasteiger partial charge >= 0.3 is 0 Å². The molecule has 1 saturated heterocycles. The molecule has 11 nitrogen and oxygen atoms in total. The molecule has 31 heavy (non-hydrogen) atoms. The number of aromatic nitrogens is 4. The molecule has 2 aliphatic heterocycles. The van der Waals surface area contributed by atoms with Gasteiger partial charge in [0.25, 0.3) is 5.91 Å². The van der Waals surface area contributed by atoms with E-state index in [0.717, 1.165) is 11.4 Å². The summed E-state index contributed by atoms with van der Waals surface area (Å²) in [5, 5.41) is 15.6. The van der Waals surface area contributed by atoms with E-state index in [1.54, 1.807) is 28.5 Å². The number of carbonyl (C=O) groups excluding carboxylic acids is 2. The molecule has 2 aromatic heterocycles.